The molecule has 5 nitrogen and oxygen atoms in total. The Balaban J connectivity index is 2.33. The molecule has 0 radical (unpaired) electrons. The van der Waals surface area contributed by atoms with E-state index in [1.807, 2.05) is 32.0 Å². The maximum atomic E-state index is 13.2. The second kappa shape index (κ2) is 9.66. The minimum atomic E-state index is -3.71. The normalized spacial score (nSPS) is 13.3. The fourth-order valence-electron chi connectivity index (χ4n) is 2.77. The summed E-state index contributed by atoms with van der Waals surface area (Å²) in [4.78, 5) is 0.248. The van der Waals surface area contributed by atoms with Crippen LogP contribution in [0.3, 0.4) is 0 Å². The van der Waals surface area contributed by atoms with E-state index < -0.39 is 16.3 Å². The van der Waals surface area contributed by atoms with Crippen molar-refractivity contribution in [2.24, 2.45) is 0 Å². The highest BCUT2D eigenvalue weighted by atomic mass is 35.5. The largest absolute Gasteiger partial charge is 0.354 e. The van der Waals surface area contributed by atoms with Crippen molar-refractivity contribution in [3.63, 3.8) is 0 Å². The number of sulfonamides is 1. The van der Waals surface area contributed by atoms with E-state index in [-0.39, 0.29) is 23.9 Å². The van der Waals surface area contributed by atoms with E-state index in [2.05, 4.69) is 0 Å². The molecule has 1 atom stereocenters. The van der Waals surface area contributed by atoms with Crippen LogP contribution in [0, 0.1) is 6.92 Å². The van der Waals surface area contributed by atoms with E-state index in [4.69, 9.17) is 21.1 Å². The third kappa shape index (κ3) is 5.77. The monoisotopic (exact) mass is 411 g/mol. The Morgan fingerprint density at radius 1 is 1.04 bits per heavy atom. The molecule has 0 saturated heterocycles. The van der Waals surface area contributed by atoms with Gasteiger partial charge in [0.15, 0.2) is 6.29 Å². The molecule has 0 fully saturated rings. The highest BCUT2D eigenvalue weighted by molar-refractivity contribution is 7.89. The first kappa shape index (κ1) is 21.9. The molecule has 0 bridgehead atoms. The molecule has 27 heavy (non-hydrogen) atoms. The number of methoxy groups -OCH3 is 2. The molecule has 0 unspecified atom stereocenters. The van der Waals surface area contributed by atoms with Gasteiger partial charge in [0.05, 0.1) is 11.4 Å². The van der Waals surface area contributed by atoms with Gasteiger partial charge in [-0.15, -0.1) is 0 Å². The quantitative estimate of drug-likeness (QED) is 0.584. The molecule has 2 aromatic rings. The lowest BCUT2D eigenvalue weighted by atomic mass is 10.0. The molecular weight excluding hydrogens is 386 g/mol. The van der Waals surface area contributed by atoms with Crippen LogP contribution in [0.2, 0.25) is 5.02 Å². The van der Waals surface area contributed by atoms with Gasteiger partial charge >= 0.3 is 0 Å². The average Bonchev–Trinajstić information content (AvgIpc) is 2.65. The Morgan fingerprint density at radius 2 is 1.67 bits per heavy atom. The van der Waals surface area contributed by atoms with Crippen LogP contribution in [-0.4, -0.2) is 46.3 Å². The van der Waals surface area contributed by atoms with Gasteiger partial charge in [0.2, 0.25) is 10.0 Å². The molecule has 0 saturated carbocycles. The summed E-state index contributed by atoms with van der Waals surface area (Å²) >= 11 is 6.08. The van der Waals surface area contributed by atoms with Gasteiger partial charge < -0.3 is 9.47 Å². The van der Waals surface area contributed by atoms with Gasteiger partial charge in [-0.3, -0.25) is 0 Å². The number of nitrogens with zero attached hydrogens (tertiary/aromatic N) is 1. The zero-order valence-electron chi connectivity index (χ0n) is 16.1. The van der Waals surface area contributed by atoms with Crippen LogP contribution < -0.4 is 0 Å². The predicted molar refractivity (Wildman–Crippen MR) is 108 cm³/mol. The molecule has 2 aromatic carbocycles. The first-order valence-corrected chi connectivity index (χ1v) is 10.5. The van der Waals surface area contributed by atoms with Crippen molar-refractivity contribution in [2.45, 2.75) is 31.0 Å². The average molecular weight is 412 g/mol. The molecule has 0 aromatic heterocycles. The summed E-state index contributed by atoms with van der Waals surface area (Å²) in [5, 5.41) is 0.624. The number of hydrogen-bond donors (Lipinski definition) is 0. The smallest absolute Gasteiger partial charge is 0.243 e. The van der Waals surface area contributed by atoms with Crippen LogP contribution in [-0.2, 0) is 19.5 Å². The van der Waals surface area contributed by atoms with E-state index >= 15 is 0 Å². The number of halogens is 1. The number of hydrogen-bond acceptors (Lipinski definition) is 4. The van der Waals surface area contributed by atoms with E-state index in [0.29, 0.717) is 5.02 Å². The summed E-state index contributed by atoms with van der Waals surface area (Å²) in [5.41, 5.74) is 1.97. The van der Waals surface area contributed by atoms with E-state index in [0.717, 1.165) is 11.1 Å². The highest BCUT2D eigenvalue weighted by Crippen LogP contribution is 2.24. The fraction of sp³-hybridized carbons (Fsp3) is 0.400. The van der Waals surface area contributed by atoms with E-state index in [1.54, 1.807) is 30.3 Å². The lowest BCUT2D eigenvalue weighted by molar-refractivity contribution is -0.108. The Kier molecular flexibility index (Phi) is 7.82. The lowest BCUT2D eigenvalue weighted by Crippen LogP contribution is -2.41. The second-order valence-corrected chi connectivity index (χ2v) is 8.87. The zero-order chi connectivity index (χ0) is 20.0. The summed E-state index contributed by atoms with van der Waals surface area (Å²) < 4.78 is 38.3. The van der Waals surface area contributed by atoms with Gasteiger partial charge in [0, 0.05) is 25.8 Å². The molecule has 0 aliphatic heterocycles. The fourth-order valence-corrected chi connectivity index (χ4v) is 4.48. The van der Waals surface area contributed by atoms with Gasteiger partial charge in [-0.25, -0.2) is 8.42 Å². The molecule has 2 rings (SSSR count). The lowest BCUT2D eigenvalue weighted by Gasteiger charge is -2.28. The van der Waals surface area contributed by atoms with Crippen molar-refractivity contribution in [3.05, 3.63) is 64.7 Å². The Bertz CT molecular complexity index is 835. The first-order chi connectivity index (χ1) is 12.8. The molecule has 7 heteroatoms. The molecular formula is C20H26ClNO4S. The molecule has 0 amide bonds. The predicted octanol–water partition coefficient (Wildman–Crippen LogP) is 4.06. The van der Waals surface area contributed by atoms with Crippen LogP contribution in [0.1, 0.15) is 24.0 Å². The topological polar surface area (TPSA) is 55.8 Å². The zero-order valence-corrected chi connectivity index (χ0v) is 17.6. The Hall–Kier alpha value is -1.44. The first-order valence-electron chi connectivity index (χ1n) is 8.65. The molecule has 0 heterocycles. The van der Waals surface area contributed by atoms with Crippen LogP contribution in [0.4, 0.5) is 0 Å². The second-order valence-electron chi connectivity index (χ2n) is 6.49. The van der Waals surface area contributed by atoms with E-state index in [9.17, 15) is 8.42 Å². The SMILES string of the molecule is COC(CN(C[C@H](C)c1cccc(Cl)c1)S(=O)(=O)c1ccc(C)cc1)OC. The molecule has 0 spiro atoms. The van der Waals surface area contributed by atoms with Crippen LogP contribution >= 0.6 is 11.6 Å². The van der Waals surface area contributed by atoms with Gasteiger partial charge in [-0.1, -0.05) is 48.4 Å². The number of ether oxygens (including phenoxy) is 2. The van der Waals surface area contributed by atoms with Gasteiger partial charge in [0.25, 0.3) is 0 Å². The van der Waals surface area contributed by atoms with Crippen molar-refractivity contribution in [1.82, 2.24) is 4.31 Å². The van der Waals surface area contributed by atoms with Crippen molar-refractivity contribution in [1.29, 1.82) is 0 Å². The summed E-state index contributed by atoms with van der Waals surface area (Å²) in [6.45, 7) is 4.26. The summed E-state index contributed by atoms with van der Waals surface area (Å²) in [6.07, 6.45) is -0.656. The van der Waals surface area contributed by atoms with Crippen LogP contribution in [0.15, 0.2) is 53.4 Å². The van der Waals surface area contributed by atoms with Crippen LogP contribution in [0.5, 0.6) is 0 Å². The molecule has 0 N–H and O–H groups in total. The summed E-state index contributed by atoms with van der Waals surface area (Å²) in [7, 11) is -0.723. The number of aryl methyl sites for hydroxylation is 1. The molecule has 148 valence electrons. The van der Waals surface area contributed by atoms with Gasteiger partial charge in [-0.2, -0.15) is 4.31 Å². The molecule has 0 aliphatic rings. The maximum absolute atomic E-state index is 13.2. The third-order valence-corrected chi connectivity index (χ3v) is 6.51. The van der Waals surface area contributed by atoms with Crippen molar-refractivity contribution < 1.29 is 17.9 Å². The van der Waals surface area contributed by atoms with Gasteiger partial charge in [0.1, 0.15) is 0 Å². The summed E-state index contributed by atoms with van der Waals surface area (Å²) in [6, 6.07) is 14.3. The van der Waals surface area contributed by atoms with Crippen molar-refractivity contribution in [2.75, 3.05) is 27.3 Å². The number of benzene rings is 2. The Labute approximate surface area is 166 Å². The molecule has 0 aliphatic carbocycles. The Morgan fingerprint density at radius 3 is 2.22 bits per heavy atom. The minimum absolute atomic E-state index is 0.0571. The number of rotatable bonds is 9. The van der Waals surface area contributed by atoms with Crippen molar-refractivity contribution >= 4 is 21.6 Å². The standard InChI is InChI=1S/C20H26ClNO4S/c1-15-8-10-19(11-9-15)27(23,24)22(14-20(25-3)26-4)13-16(2)17-6-5-7-18(21)12-17/h5-12,16,20H,13-14H2,1-4H3/t16-/m0/s1. The maximum Gasteiger partial charge on any atom is 0.243 e. The third-order valence-electron chi connectivity index (χ3n) is 4.43. The van der Waals surface area contributed by atoms with Crippen molar-refractivity contribution in [3.8, 4) is 0 Å². The minimum Gasteiger partial charge on any atom is -0.354 e. The highest BCUT2D eigenvalue weighted by Gasteiger charge is 2.29. The van der Waals surface area contributed by atoms with E-state index in [1.165, 1.54) is 18.5 Å². The van der Waals surface area contributed by atoms with Crippen LogP contribution in [0.25, 0.3) is 0 Å². The summed E-state index contributed by atoms with van der Waals surface area (Å²) in [5.74, 6) is -0.0571. The van der Waals surface area contributed by atoms with Gasteiger partial charge in [-0.05, 0) is 42.7 Å².